The van der Waals surface area contributed by atoms with Gasteiger partial charge in [0.25, 0.3) is 11.8 Å². The van der Waals surface area contributed by atoms with Gasteiger partial charge in [0.15, 0.2) is 6.61 Å². The van der Waals surface area contributed by atoms with Crippen LogP contribution in [0.25, 0.3) is 33.4 Å². The van der Waals surface area contributed by atoms with Crippen LogP contribution in [0.5, 0.6) is 5.75 Å². The number of nitrogens with zero attached hydrogens (tertiary/aromatic N) is 3. The monoisotopic (exact) mass is 514 g/mol. The van der Waals surface area contributed by atoms with Gasteiger partial charge < -0.3 is 18.9 Å². The Bertz CT molecular complexity index is 1580. The maximum absolute atomic E-state index is 12.1. The van der Waals surface area contributed by atoms with E-state index in [1.54, 1.807) is 12.1 Å². The van der Waals surface area contributed by atoms with Crippen molar-refractivity contribution in [3.8, 4) is 28.2 Å². The Balaban J connectivity index is 1.46. The van der Waals surface area contributed by atoms with E-state index < -0.39 is 24.4 Å². The third kappa shape index (κ3) is 4.82. The van der Waals surface area contributed by atoms with E-state index in [2.05, 4.69) is 24.3 Å². The summed E-state index contributed by atoms with van der Waals surface area (Å²) in [6.07, 6.45) is 0.0783. The van der Waals surface area contributed by atoms with Gasteiger partial charge >= 0.3 is 5.97 Å². The number of carbonyl (C=O) groups excluding carboxylic acids is 3. The quantitative estimate of drug-likeness (QED) is 0.222. The molecule has 0 unspecified atom stereocenters. The molecule has 0 aromatic heterocycles. The number of fused-ring (bicyclic) bond motifs is 2. The first kappa shape index (κ1) is 25.0. The van der Waals surface area contributed by atoms with Gasteiger partial charge in [0.2, 0.25) is 5.36 Å². The fourth-order valence-electron chi connectivity index (χ4n) is 4.38. The minimum Gasteiger partial charge on any atom is -0.482 e. The number of amides is 2. The number of hydrogen-bond donors (Lipinski definition) is 0. The zero-order valence-corrected chi connectivity index (χ0v) is 21.7. The Morgan fingerprint density at radius 3 is 2.34 bits per heavy atom. The second-order valence-electron chi connectivity index (χ2n) is 9.49. The van der Waals surface area contributed by atoms with E-state index in [1.165, 1.54) is 0 Å². The number of hydroxylamine groups is 2. The average Bonchev–Trinajstić information content (AvgIpc) is 3.22. The molecule has 0 bridgehead atoms. The van der Waals surface area contributed by atoms with E-state index in [0.29, 0.717) is 10.8 Å². The molecule has 1 aliphatic carbocycles. The van der Waals surface area contributed by atoms with Crippen molar-refractivity contribution in [2.24, 2.45) is 0 Å². The fraction of sp³-hybridized carbons (Fsp3) is 0.241. The lowest BCUT2D eigenvalue weighted by molar-refractivity contribution is -0.198. The molecule has 2 aromatic rings. The lowest BCUT2D eigenvalue weighted by Gasteiger charge is -2.18. The van der Waals surface area contributed by atoms with Crippen molar-refractivity contribution in [2.45, 2.75) is 12.8 Å². The van der Waals surface area contributed by atoms with Gasteiger partial charge in [-0.3, -0.25) is 9.59 Å². The van der Waals surface area contributed by atoms with Crippen LogP contribution in [0.3, 0.4) is 0 Å². The van der Waals surface area contributed by atoms with E-state index in [9.17, 15) is 14.4 Å². The summed E-state index contributed by atoms with van der Waals surface area (Å²) in [5.41, 5.74) is 4.74. The molecule has 0 saturated carbocycles. The molecule has 9 heteroatoms. The van der Waals surface area contributed by atoms with Crippen LogP contribution >= 0.6 is 0 Å². The number of ether oxygens (including phenoxy) is 1. The molecule has 1 fully saturated rings. The highest BCUT2D eigenvalue weighted by Gasteiger charge is 2.33. The van der Waals surface area contributed by atoms with E-state index in [1.807, 2.05) is 61.9 Å². The highest BCUT2D eigenvalue weighted by molar-refractivity contribution is 6.03. The van der Waals surface area contributed by atoms with Crippen LogP contribution in [-0.4, -0.2) is 57.6 Å². The topological polar surface area (TPSA) is 92.3 Å². The molecule has 0 atom stereocenters. The van der Waals surface area contributed by atoms with E-state index in [0.717, 1.165) is 44.5 Å². The van der Waals surface area contributed by atoms with E-state index in [-0.39, 0.29) is 12.8 Å². The van der Waals surface area contributed by atoms with Crippen molar-refractivity contribution < 1.29 is 28.4 Å². The van der Waals surface area contributed by atoms with Crippen molar-refractivity contribution in [1.82, 2.24) is 9.64 Å². The lowest BCUT2D eigenvalue weighted by Crippen LogP contribution is -2.33. The van der Waals surface area contributed by atoms with Gasteiger partial charge in [-0.15, -0.1) is 5.06 Å². The van der Waals surface area contributed by atoms with Gasteiger partial charge in [-0.05, 0) is 35.9 Å². The van der Waals surface area contributed by atoms with Gasteiger partial charge in [-0.2, -0.15) is 0 Å². The van der Waals surface area contributed by atoms with Crippen LogP contribution in [0.4, 0.5) is 5.69 Å². The molecule has 2 aliphatic heterocycles. The molecular weight excluding hydrogens is 486 g/mol. The van der Waals surface area contributed by atoms with Crippen molar-refractivity contribution >= 4 is 34.4 Å². The normalized spacial score (nSPS) is 13.3. The van der Waals surface area contributed by atoms with Crippen molar-refractivity contribution in [3.63, 3.8) is 0 Å². The summed E-state index contributed by atoms with van der Waals surface area (Å²) in [4.78, 5) is 42.2. The Morgan fingerprint density at radius 2 is 1.68 bits per heavy atom. The van der Waals surface area contributed by atoms with Crippen molar-refractivity contribution in [1.29, 1.82) is 0 Å². The second-order valence-corrected chi connectivity index (χ2v) is 9.49. The molecule has 1 saturated heterocycles. The highest BCUT2D eigenvalue weighted by atomic mass is 16.7. The van der Waals surface area contributed by atoms with Crippen LogP contribution in [0.1, 0.15) is 12.8 Å². The third-order valence-corrected chi connectivity index (χ3v) is 6.42. The van der Waals surface area contributed by atoms with Crippen LogP contribution in [0, 0.1) is 0 Å². The molecule has 0 spiro atoms. The molecule has 2 aromatic carbocycles. The third-order valence-electron chi connectivity index (χ3n) is 6.42. The predicted molar refractivity (Wildman–Crippen MR) is 142 cm³/mol. The summed E-state index contributed by atoms with van der Waals surface area (Å²) >= 11 is 0. The molecule has 2 heterocycles. The number of carbonyl (C=O) groups is 3. The van der Waals surface area contributed by atoms with E-state index >= 15 is 0 Å². The van der Waals surface area contributed by atoms with Gasteiger partial charge in [0, 0.05) is 61.3 Å². The largest absolute Gasteiger partial charge is 0.482 e. The first-order valence-corrected chi connectivity index (χ1v) is 12.2. The Morgan fingerprint density at radius 1 is 0.974 bits per heavy atom. The molecule has 9 nitrogen and oxygen atoms in total. The predicted octanol–water partition coefficient (Wildman–Crippen LogP) is 3.29. The lowest BCUT2D eigenvalue weighted by atomic mass is 9.93. The fourth-order valence-corrected chi connectivity index (χ4v) is 4.38. The van der Waals surface area contributed by atoms with Gasteiger partial charge in [0.05, 0.1) is 6.07 Å². The van der Waals surface area contributed by atoms with Crippen LogP contribution in [0.2, 0.25) is 0 Å². The molecule has 2 amide bonds. The summed E-state index contributed by atoms with van der Waals surface area (Å²) < 4.78 is 13.9. The van der Waals surface area contributed by atoms with Crippen molar-refractivity contribution in [3.05, 3.63) is 66.0 Å². The number of benzene rings is 3. The van der Waals surface area contributed by atoms with E-state index in [4.69, 9.17) is 14.0 Å². The maximum atomic E-state index is 12.1. The first-order valence-electron chi connectivity index (χ1n) is 12.2. The molecule has 3 aliphatic rings. The zero-order valence-electron chi connectivity index (χ0n) is 21.7. The summed E-state index contributed by atoms with van der Waals surface area (Å²) in [5.74, 6) is -0.672. The number of hydrogen-bond acceptors (Lipinski definition) is 7. The summed E-state index contributed by atoms with van der Waals surface area (Å²) in [5, 5.41) is 2.51. The molecular formula is C29H28N3O6+. The molecule has 5 rings (SSSR count). The Hall–Kier alpha value is -4.66. The molecule has 194 valence electrons. The highest BCUT2D eigenvalue weighted by Crippen LogP contribution is 2.41. The van der Waals surface area contributed by atoms with Crippen molar-refractivity contribution in [2.75, 3.05) is 39.7 Å². The SMILES string of the molecule is CN(C)c1ccc2c(-c3ccc(OCC(=O)ON4C(=O)CCC4=O)cc3)c3ccc(=[N+](C)C)cc-3oc2c1. The smallest absolute Gasteiger partial charge is 0.370 e. The van der Waals surface area contributed by atoms with Crippen LogP contribution in [0.15, 0.2) is 65.1 Å². The Kier molecular flexibility index (Phi) is 6.59. The van der Waals surface area contributed by atoms with Gasteiger partial charge in [-0.1, -0.05) is 12.1 Å². The molecule has 0 radical (unpaired) electrons. The van der Waals surface area contributed by atoms with Crippen LogP contribution < -0.4 is 19.6 Å². The average molecular weight is 515 g/mol. The first-order chi connectivity index (χ1) is 18.2. The Labute approximate surface area is 219 Å². The summed E-state index contributed by atoms with van der Waals surface area (Å²) in [7, 11) is 7.95. The maximum Gasteiger partial charge on any atom is 0.370 e. The van der Waals surface area contributed by atoms with Gasteiger partial charge in [-0.25, -0.2) is 9.37 Å². The van der Waals surface area contributed by atoms with Gasteiger partial charge in [0.1, 0.15) is 31.2 Å². The molecule has 0 N–H and O–H groups in total. The number of anilines is 1. The summed E-state index contributed by atoms with van der Waals surface area (Å²) in [6, 6.07) is 19.6. The second kappa shape index (κ2) is 10.0. The number of rotatable bonds is 6. The standard InChI is InChI=1S/C29H28N3O6/c1-30(2)19-7-11-22-24(15-19)37-25-16-20(31(3)4)8-12-23(25)29(22)18-5-9-21(10-6-18)36-17-28(35)38-32-26(33)13-14-27(32)34/h5-12,15-16H,13-14,17H2,1-4H3/q+1. The minimum absolute atomic E-state index is 0.0392. The minimum atomic E-state index is -0.826. The molecule has 38 heavy (non-hydrogen) atoms. The zero-order chi connectivity index (χ0) is 27.0. The number of imide groups is 1. The van der Waals surface area contributed by atoms with Crippen LogP contribution in [-0.2, 0) is 19.2 Å². The summed E-state index contributed by atoms with van der Waals surface area (Å²) in [6.45, 7) is -0.437.